The molecule has 0 aliphatic rings. The fraction of sp³-hybridized carbons (Fsp3) is 0.167. The van der Waals surface area contributed by atoms with E-state index in [0.29, 0.717) is 0 Å². The number of benzene rings is 2. The number of hydrogen-bond donors (Lipinski definition) is 1. The maximum atomic E-state index is 10.6. The number of aliphatic hydroxyl groups excluding tert-OH is 1. The second-order valence-electron chi connectivity index (χ2n) is 5.18. The van der Waals surface area contributed by atoms with Crippen molar-refractivity contribution in [2.24, 2.45) is 0 Å². The summed E-state index contributed by atoms with van der Waals surface area (Å²) in [4.78, 5) is 4.55. The van der Waals surface area contributed by atoms with E-state index in [1.165, 1.54) is 5.56 Å². The highest BCUT2D eigenvalue weighted by molar-refractivity contribution is 5.85. The second kappa shape index (κ2) is 5.06. The van der Waals surface area contributed by atoms with E-state index in [1.54, 1.807) is 0 Å². The molecule has 0 amide bonds. The standard InChI is InChI=1S/C18H17NO/c1-12-7-9-14(10-8-12)18(20)17-16-6-4-3-5-15(16)11-13(2)19-17/h3-11,18,20H,1-2H3/t18-/m0/s1. The Hall–Kier alpha value is -2.19. The summed E-state index contributed by atoms with van der Waals surface area (Å²) in [5.74, 6) is 0. The zero-order chi connectivity index (χ0) is 14.1. The molecule has 1 aromatic heterocycles. The predicted octanol–water partition coefficient (Wildman–Crippen LogP) is 3.93. The van der Waals surface area contributed by atoms with Crippen LogP contribution < -0.4 is 0 Å². The van der Waals surface area contributed by atoms with Crippen LogP contribution in [0.2, 0.25) is 0 Å². The summed E-state index contributed by atoms with van der Waals surface area (Å²) in [5.41, 5.74) is 3.70. The molecule has 1 heterocycles. The number of aromatic nitrogens is 1. The van der Waals surface area contributed by atoms with Crippen LogP contribution in [0.1, 0.15) is 28.6 Å². The highest BCUT2D eigenvalue weighted by Crippen LogP contribution is 2.28. The first-order chi connectivity index (χ1) is 9.65. The Kier molecular flexibility index (Phi) is 3.25. The number of aliphatic hydroxyl groups is 1. The van der Waals surface area contributed by atoms with Crippen molar-refractivity contribution in [3.05, 3.63) is 77.1 Å². The first kappa shape index (κ1) is 12.8. The van der Waals surface area contributed by atoms with Crippen molar-refractivity contribution in [3.8, 4) is 0 Å². The van der Waals surface area contributed by atoms with E-state index >= 15 is 0 Å². The van der Waals surface area contributed by atoms with Gasteiger partial charge in [-0.3, -0.25) is 4.98 Å². The van der Waals surface area contributed by atoms with Gasteiger partial charge in [-0.25, -0.2) is 0 Å². The number of aryl methyl sites for hydroxylation is 2. The van der Waals surface area contributed by atoms with Crippen LogP contribution in [0.25, 0.3) is 10.8 Å². The maximum Gasteiger partial charge on any atom is 0.122 e. The fourth-order valence-corrected chi connectivity index (χ4v) is 2.48. The smallest absolute Gasteiger partial charge is 0.122 e. The van der Waals surface area contributed by atoms with Gasteiger partial charge in [-0.1, -0.05) is 54.1 Å². The number of nitrogens with zero attached hydrogens (tertiary/aromatic N) is 1. The van der Waals surface area contributed by atoms with E-state index in [1.807, 2.05) is 62.4 Å². The Balaban J connectivity index is 2.15. The SMILES string of the molecule is Cc1ccc([C@H](O)c2nc(C)cc3ccccc23)cc1. The third-order valence-corrected chi connectivity index (χ3v) is 3.55. The van der Waals surface area contributed by atoms with E-state index in [2.05, 4.69) is 11.1 Å². The van der Waals surface area contributed by atoms with E-state index in [0.717, 1.165) is 27.7 Å². The van der Waals surface area contributed by atoms with Crippen LogP contribution in [0.5, 0.6) is 0 Å². The lowest BCUT2D eigenvalue weighted by Gasteiger charge is -2.14. The Labute approximate surface area is 118 Å². The first-order valence-corrected chi connectivity index (χ1v) is 6.76. The van der Waals surface area contributed by atoms with Crippen LogP contribution >= 0.6 is 0 Å². The van der Waals surface area contributed by atoms with Crippen LogP contribution in [-0.2, 0) is 0 Å². The van der Waals surface area contributed by atoms with Gasteiger partial charge < -0.3 is 5.11 Å². The highest BCUT2D eigenvalue weighted by atomic mass is 16.3. The number of fused-ring (bicyclic) bond motifs is 1. The minimum absolute atomic E-state index is 0.694. The Morgan fingerprint density at radius 1 is 0.950 bits per heavy atom. The summed E-state index contributed by atoms with van der Waals surface area (Å²) in [6.07, 6.45) is -0.694. The Morgan fingerprint density at radius 3 is 2.40 bits per heavy atom. The third-order valence-electron chi connectivity index (χ3n) is 3.55. The molecule has 0 spiro atoms. The molecule has 0 aliphatic heterocycles. The lowest BCUT2D eigenvalue weighted by molar-refractivity contribution is 0.217. The fourth-order valence-electron chi connectivity index (χ4n) is 2.48. The van der Waals surface area contributed by atoms with Crippen molar-refractivity contribution in [1.82, 2.24) is 4.98 Å². The van der Waals surface area contributed by atoms with Crippen LogP contribution in [0.15, 0.2) is 54.6 Å². The zero-order valence-corrected chi connectivity index (χ0v) is 11.7. The quantitative estimate of drug-likeness (QED) is 0.760. The number of pyridine rings is 1. The van der Waals surface area contributed by atoms with Gasteiger partial charge >= 0.3 is 0 Å². The predicted molar refractivity (Wildman–Crippen MR) is 81.7 cm³/mol. The van der Waals surface area contributed by atoms with Gasteiger partial charge in [-0.15, -0.1) is 0 Å². The molecule has 0 unspecified atom stereocenters. The Morgan fingerprint density at radius 2 is 1.65 bits per heavy atom. The van der Waals surface area contributed by atoms with Gasteiger partial charge in [0.15, 0.2) is 0 Å². The molecule has 100 valence electrons. The zero-order valence-electron chi connectivity index (χ0n) is 11.7. The van der Waals surface area contributed by atoms with E-state index < -0.39 is 6.10 Å². The average molecular weight is 263 g/mol. The summed E-state index contributed by atoms with van der Waals surface area (Å²) < 4.78 is 0. The molecule has 3 rings (SSSR count). The molecular formula is C18H17NO. The van der Waals surface area contributed by atoms with Crippen LogP contribution in [0, 0.1) is 13.8 Å². The minimum atomic E-state index is -0.694. The van der Waals surface area contributed by atoms with Crippen LogP contribution in [0.4, 0.5) is 0 Å². The third kappa shape index (κ3) is 2.30. The molecule has 20 heavy (non-hydrogen) atoms. The second-order valence-corrected chi connectivity index (χ2v) is 5.18. The van der Waals surface area contributed by atoms with Crippen LogP contribution in [-0.4, -0.2) is 10.1 Å². The lowest BCUT2D eigenvalue weighted by Crippen LogP contribution is -2.04. The average Bonchev–Trinajstić information content (AvgIpc) is 2.46. The monoisotopic (exact) mass is 263 g/mol. The Bertz CT molecular complexity index is 747. The molecule has 2 nitrogen and oxygen atoms in total. The molecule has 0 bridgehead atoms. The van der Waals surface area contributed by atoms with Gasteiger partial charge in [0.25, 0.3) is 0 Å². The van der Waals surface area contributed by atoms with Gasteiger partial charge in [0.2, 0.25) is 0 Å². The van der Waals surface area contributed by atoms with Crippen molar-refractivity contribution >= 4 is 10.8 Å². The topological polar surface area (TPSA) is 33.1 Å². The molecule has 3 aromatic rings. The van der Waals surface area contributed by atoms with Crippen LogP contribution in [0.3, 0.4) is 0 Å². The van der Waals surface area contributed by atoms with Gasteiger partial charge in [-0.05, 0) is 30.9 Å². The van der Waals surface area contributed by atoms with Crippen molar-refractivity contribution in [3.63, 3.8) is 0 Å². The molecule has 0 aliphatic carbocycles. The van der Waals surface area contributed by atoms with Crippen molar-refractivity contribution < 1.29 is 5.11 Å². The number of hydrogen-bond acceptors (Lipinski definition) is 2. The van der Waals surface area contributed by atoms with Gasteiger partial charge in [-0.2, -0.15) is 0 Å². The van der Waals surface area contributed by atoms with E-state index in [4.69, 9.17) is 0 Å². The maximum absolute atomic E-state index is 10.6. The first-order valence-electron chi connectivity index (χ1n) is 6.76. The highest BCUT2D eigenvalue weighted by Gasteiger charge is 2.15. The molecule has 2 heteroatoms. The summed E-state index contributed by atoms with van der Waals surface area (Å²) in [7, 11) is 0. The molecule has 0 fully saturated rings. The summed E-state index contributed by atoms with van der Waals surface area (Å²) in [6.45, 7) is 3.99. The molecule has 2 aromatic carbocycles. The normalized spacial score (nSPS) is 12.6. The number of rotatable bonds is 2. The molecule has 1 atom stereocenters. The minimum Gasteiger partial charge on any atom is -0.382 e. The molecule has 1 N–H and O–H groups in total. The van der Waals surface area contributed by atoms with E-state index in [9.17, 15) is 5.11 Å². The largest absolute Gasteiger partial charge is 0.382 e. The molecule has 0 saturated carbocycles. The van der Waals surface area contributed by atoms with Crippen molar-refractivity contribution in [2.75, 3.05) is 0 Å². The lowest BCUT2D eigenvalue weighted by atomic mass is 9.99. The van der Waals surface area contributed by atoms with Gasteiger partial charge in [0, 0.05) is 11.1 Å². The molecule has 0 radical (unpaired) electrons. The van der Waals surface area contributed by atoms with E-state index in [-0.39, 0.29) is 0 Å². The summed E-state index contributed by atoms with van der Waals surface area (Å²) in [5, 5.41) is 12.8. The summed E-state index contributed by atoms with van der Waals surface area (Å²) >= 11 is 0. The molecular weight excluding hydrogens is 246 g/mol. The van der Waals surface area contributed by atoms with Crippen molar-refractivity contribution in [1.29, 1.82) is 0 Å². The van der Waals surface area contributed by atoms with Gasteiger partial charge in [0.1, 0.15) is 6.10 Å². The van der Waals surface area contributed by atoms with Gasteiger partial charge in [0.05, 0.1) is 5.69 Å². The molecule has 0 saturated heterocycles. The van der Waals surface area contributed by atoms with Crippen molar-refractivity contribution in [2.45, 2.75) is 20.0 Å². The summed E-state index contributed by atoms with van der Waals surface area (Å²) in [6, 6.07) is 18.0.